The van der Waals surface area contributed by atoms with Crippen molar-refractivity contribution in [2.45, 2.75) is 26.2 Å². The number of nitrogens with one attached hydrogen (secondary N) is 3. The van der Waals surface area contributed by atoms with Gasteiger partial charge in [0.25, 0.3) is 5.91 Å². The van der Waals surface area contributed by atoms with Crippen molar-refractivity contribution >= 4 is 46.2 Å². The molecule has 0 saturated carbocycles. The predicted octanol–water partition coefficient (Wildman–Crippen LogP) is 1.81. The Bertz CT molecular complexity index is 786. The van der Waals surface area contributed by atoms with E-state index in [-0.39, 0.29) is 28.8 Å². The number of hydrogen-bond donors (Lipinski definition) is 3. The fraction of sp³-hybridized carbons (Fsp3) is 0.263. The van der Waals surface area contributed by atoms with Crippen LogP contribution in [0.3, 0.4) is 0 Å². The molecule has 0 aliphatic rings. The minimum Gasteiger partial charge on any atom is -1.00 e. The van der Waals surface area contributed by atoms with Crippen LogP contribution >= 0.6 is 23.8 Å². The third-order valence-corrected chi connectivity index (χ3v) is 4.26. The highest BCUT2D eigenvalue weighted by Gasteiger charge is 2.15. The highest BCUT2D eigenvalue weighted by Crippen LogP contribution is 2.25. The van der Waals surface area contributed by atoms with Crippen molar-refractivity contribution in [3.63, 3.8) is 0 Å². The van der Waals surface area contributed by atoms with E-state index >= 15 is 0 Å². The summed E-state index contributed by atoms with van der Waals surface area (Å²) in [5, 5.41) is 9.32. The summed E-state index contributed by atoms with van der Waals surface area (Å²) in [6.45, 7) is 6.39. The number of benzene rings is 2. The summed E-state index contributed by atoms with van der Waals surface area (Å²) < 4.78 is 0. The van der Waals surface area contributed by atoms with Crippen molar-refractivity contribution in [1.82, 2.24) is 5.32 Å². The van der Waals surface area contributed by atoms with Crippen molar-refractivity contribution in [3.05, 3.63) is 58.6 Å². The third kappa shape index (κ3) is 5.87. The lowest BCUT2D eigenvalue weighted by Crippen LogP contribution is -3.00. The summed E-state index contributed by atoms with van der Waals surface area (Å²) in [5.41, 5.74) is 3.29. The summed E-state index contributed by atoms with van der Waals surface area (Å²) in [4.78, 5) is 12.3. The van der Waals surface area contributed by atoms with Gasteiger partial charge in [-0.2, -0.15) is 0 Å². The molecular weight excluding hydrogens is 389 g/mol. The van der Waals surface area contributed by atoms with Gasteiger partial charge in [-0.05, 0) is 53.5 Å². The van der Waals surface area contributed by atoms with E-state index < -0.39 is 0 Å². The van der Waals surface area contributed by atoms with Gasteiger partial charge in [0.05, 0.1) is 10.7 Å². The molecule has 0 radical (unpaired) electrons. The summed E-state index contributed by atoms with van der Waals surface area (Å²) in [6, 6.07) is 13.0. The molecule has 0 heterocycles. The van der Waals surface area contributed by atoms with E-state index in [9.17, 15) is 4.79 Å². The second kappa shape index (κ2) is 9.21. The van der Waals surface area contributed by atoms with Crippen LogP contribution < -0.4 is 28.4 Å². The number of rotatable bonds is 3. The minimum absolute atomic E-state index is 0. The summed E-state index contributed by atoms with van der Waals surface area (Å²) in [7, 11) is 1.81. The van der Waals surface area contributed by atoms with Crippen molar-refractivity contribution in [2.75, 3.05) is 17.7 Å². The maximum atomic E-state index is 12.3. The first-order chi connectivity index (χ1) is 11.7. The Kier molecular flexibility index (Phi) is 7.87. The van der Waals surface area contributed by atoms with E-state index in [1.165, 1.54) is 5.56 Å². The summed E-state index contributed by atoms with van der Waals surface area (Å²) in [5.74, 6) is -0.263. The van der Waals surface area contributed by atoms with E-state index in [1.54, 1.807) is 24.3 Å². The molecule has 0 bridgehead atoms. The lowest BCUT2D eigenvalue weighted by atomic mass is 9.87. The van der Waals surface area contributed by atoms with E-state index in [0.29, 0.717) is 16.3 Å². The maximum absolute atomic E-state index is 12.3. The molecule has 2 rings (SSSR count). The number of thiocarbonyl (C=S) groups is 1. The lowest BCUT2D eigenvalue weighted by Gasteiger charge is -2.19. The Morgan fingerprint density at radius 2 is 1.69 bits per heavy atom. The number of hydrogen-bond acceptors (Lipinski definition) is 3. The van der Waals surface area contributed by atoms with Crippen LogP contribution in [0.5, 0.6) is 0 Å². The fourth-order valence-electron chi connectivity index (χ4n) is 2.22. The SMILES string of the molecule is CNc1ccc(NC(=S)NC(=O)c2ccc(C(C)(C)C)cc2)c(Cl)c1.[Cl-]. The second-order valence-corrected chi connectivity index (χ2v) is 7.50. The van der Waals surface area contributed by atoms with Crippen molar-refractivity contribution in [2.24, 2.45) is 0 Å². The Labute approximate surface area is 171 Å². The molecule has 0 unspecified atom stereocenters. The molecule has 0 atom stereocenters. The molecule has 140 valence electrons. The highest BCUT2D eigenvalue weighted by atomic mass is 35.5. The Hall–Kier alpha value is -1.82. The van der Waals surface area contributed by atoms with Gasteiger partial charge in [-0.25, -0.2) is 0 Å². The van der Waals surface area contributed by atoms with E-state index in [1.807, 2.05) is 25.2 Å². The van der Waals surface area contributed by atoms with Crippen LogP contribution in [0.15, 0.2) is 42.5 Å². The van der Waals surface area contributed by atoms with E-state index in [0.717, 1.165) is 5.69 Å². The molecule has 1 amide bonds. The van der Waals surface area contributed by atoms with Gasteiger partial charge in [0, 0.05) is 18.3 Å². The molecule has 0 aliphatic heterocycles. The molecule has 0 aromatic heterocycles. The summed E-state index contributed by atoms with van der Waals surface area (Å²) >= 11 is 11.4. The van der Waals surface area contributed by atoms with Gasteiger partial charge < -0.3 is 23.0 Å². The number of halogens is 2. The quantitative estimate of drug-likeness (QED) is 0.675. The first kappa shape index (κ1) is 22.2. The zero-order valence-corrected chi connectivity index (χ0v) is 17.4. The van der Waals surface area contributed by atoms with Crippen LogP contribution in [0.1, 0.15) is 36.7 Å². The highest BCUT2D eigenvalue weighted by molar-refractivity contribution is 7.80. The zero-order valence-electron chi connectivity index (χ0n) is 15.1. The second-order valence-electron chi connectivity index (χ2n) is 6.68. The smallest absolute Gasteiger partial charge is 0.257 e. The van der Waals surface area contributed by atoms with Gasteiger partial charge in [0.2, 0.25) is 0 Å². The molecule has 0 fully saturated rings. The van der Waals surface area contributed by atoms with Crippen molar-refractivity contribution < 1.29 is 17.2 Å². The molecule has 4 nitrogen and oxygen atoms in total. The molecule has 2 aromatic rings. The largest absolute Gasteiger partial charge is 1.00 e. The van der Waals surface area contributed by atoms with Gasteiger partial charge in [-0.1, -0.05) is 44.5 Å². The van der Waals surface area contributed by atoms with Gasteiger partial charge in [0.15, 0.2) is 5.11 Å². The van der Waals surface area contributed by atoms with Crippen molar-refractivity contribution in [1.29, 1.82) is 0 Å². The normalized spacial score (nSPS) is 10.5. The molecule has 0 saturated heterocycles. The van der Waals surface area contributed by atoms with Gasteiger partial charge >= 0.3 is 0 Å². The molecule has 7 heteroatoms. The van der Waals surface area contributed by atoms with Crippen molar-refractivity contribution in [3.8, 4) is 0 Å². The fourth-order valence-corrected chi connectivity index (χ4v) is 2.65. The Morgan fingerprint density at radius 3 is 2.19 bits per heavy atom. The third-order valence-electron chi connectivity index (χ3n) is 3.75. The lowest BCUT2D eigenvalue weighted by molar-refractivity contribution is -0.0000137. The number of carbonyl (C=O) groups is 1. The van der Waals surface area contributed by atoms with Crippen LogP contribution in [-0.4, -0.2) is 18.1 Å². The Balaban J connectivity index is 0.00000338. The molecular formula is C19H22Cl2N3OS-. The topological polar surface area (TPSA) is 53.2 Å². The standard InChI is InChI=1S/C19H22ClN3OS.ClH/c1-19(2,3)13-7-5-12(6-8-13)17(24)23-18(25)22-16-10-9-14(21-4)11-15(16)20;/h5-11,21H,1-4H3,(H2,22,23,24,25);1H/p-1. The van der Waals surface area contributed by atoms with E-state index in [4.69, 9.17) is 23.8 Å². The number of carbonyl (C=O) groups excluding carboxylic acids is 1. The monoisotopic (exact) mass is 410 g/mol. The first-order valence-corrected chi connectivity index (χ1v) is 8.69. The zero-order chi connectivity index (χ0) is 18.6. The van der Waals surface area contributed by atoms with Crippen LogP contribution in [0, 0.1) is 0 Å². The molecule has 3 N–H and O–H groups in total. The van der Waals surface area contributed by atoms with Crippen LogP contribution in [-0.2, 0) is 5.41 Å². The maximum Gasteiger partial charge on any atom is 0.257 e. The number of amides is 1. The average molecular weight is 411 g/mol. The predicted molar refractivity (Wildman–Crippen MR) is 110 cm³/mol. The average Bonchev–Trinajstić information content (AvgIpc) is 2.56. The van der Waals surface area contributed by atoms with Crippen LogP contribution in [0.2, 0.25) is 5.02 Å². The van der Waals surface area contributed by atoms with E-state index in [2.05, 4.69) is 36.7 Å². The first-order valence-electron chi connectivity index (χ1n) is 7.91. The molecule has 26 heavy (non-hydrogen) atoms. The van der Waals surface area contributed by atoms with Crippen LogP contribution in [0.25, 0.3) is 0 Å². The molecule has 2 aromatic carbocycles. The summed E-state index contributed by atoms with van der Waals surface area (Å²) in [6.07, 6.45) is 0. The van der Waals surface area contributed by atoms with Crippen LogP contribution in [0.4, 0.5) is 11.4 Å². The van der Waals surface area contributed by atoms with Gasteiger partial charge in [-0.3, -0.25) is 10.1 Å². The minimum atomic E-state index is -0.263. The van der Waals surface area contributed by atoms with Gasteiger partial charge in [-0.15, -0.1) is 0 Å². The Morgan fingerprint density at radius 1 is 1.08 bits per heavy atom. The number of anilines is 2. The molecule has 0 spiro atoms. The van der Waals surface area contributed by atoms with Gasteiger partial charge in [0.1, 0.15) is 0 Å². The molecule has 0 aliphatic carbocycles.